The lowest BCUT2D eigenvalue weighted by atomic mass is 9.89. The minimum absolute atomic E-state index is 0.187. The third-order valence-electron chi connectivity index (χ3n) is 5.29. The van der Waals surface area contributed by atoms with Crippen molar-refractivity contribution in [2.24, 2.45) is 0 Å². The lowest BCUT2D eigenvalue weighted by Crippen LogP contribution is -2.42. The number of benzene rings is 1. The highest BCUT2D eigenvalue weighted by Gasteiger charge is 2.33. The van der Waals surface area contributed by atoms with E-state index in [4.69, 9.17) is 9.47 Å². The van der Waals surface area contributed by atoms with Crippen LogP contribution in [0.25, 0.3) is 10.2 Å². The van der Waals surface area contributed by atoms with Crippen LogP contribution in [0.2, 0.25) is 0 Å². The fraction of sp³-hybridized carbons (Fsp3) is 0.450. The molecule has 1 aromatic carbocycles. The molecular formula is C20H22N4O2S. The van der Waals surface area contributed by atoms with Crippen molar-refractivity contribution in [3.63, 3.8) is 0 Å². The van der Waals surface area contributed by atoms with Gasteiger partial charge in [-0.2, -0.15) is 0 Å². The Balaban J connectivity index is 1.19. The number of fused-ring (bicyclic) bond motifs is 1. The molecule has 0 spiro atoms. The van der Waals surface area contributed by atoms with Gasteiger partial charge in [0.1, 0.15) is 11.8 Å². The first-order chi connectivity index (χ1) is 13.3. The van der Waals surface area contributed by atoms with Crippen molar-refractivity contribution in [3.8, 4) is 5.88 Å². The van der Waals surface area contributed by atoms with Crippen molar-refractivity contribution in [3.05, 3.63) is 42.4 Å². The summed E-state index contributed by atoms with van der Waals surface area (Å²) in [5.41, 5.74) is 2.04. The summed E-state index contributed by atoms with van der Waals surface area (Å²) in [7, 11) is 0. The molecule has 6 nitrogen and oxygen atoms in total. The highest BCUT2D eigenvalue weighted by molar-refractivity contribution is 7.22. The zero-order valence-corrected chi connectivity index (χ0v) is 15.8. The molecule has 2 aliphatic rings. The molecule has 0 radical (unpaired) electrons. The second kappa shape index (κ2) is 7.40. The molecular weight excluding hydrogens is 360 g/mol. The second-order valence-corrected chi connectivity index (χ2v) is 8.20. The summed E-state index contributed by atoms with van der Waals surface area (Å²) in [5, 5.41) is 4.52. The monoisotopic (exact) mass is 382 g/mol. The second-order valence-electron chi connectivity index (χ2n) is 7.17. The predicted octanol–water partition coefficient (Wildman–Crippen LogP) is 4.00. The number of hydrogen-bond acceptors (Lipinski definition) is 7. The number of thiazole rings is 1. The Morgan fingerprint density at radius 1 is 1.07 bits per heavy atom. The van der Waals surface area contributed by atoms with Gasteiger partial charge in [0.25, 0.3) is 0 Å². The molecule has 140 valence electrons. The van der Waals surface area contributed by atoms with Crippen molar-refractivity contribution in [1.82, 2.24) is 15.0 Å². The lowest BCUT2D eigenvalue weighted by molar-refractivity contribution is 0.0780. The Kier molecular flexibility index (Phi) is 4.63. The summed E-state index contributed by atoms with van der Waals surface area (Å²) in [5.74, 6) is 1.09. The van der Waals surface area contributed by atoms with Crippen LogP contribution in [0, 0.1) is 0 Å². The molecule has 0 amide bonds. The van der Waals surface area contributed by atoms with E-state index in [1.807, 2.05) is 6.07 Å². The van der Waals surface area contributed by atoms with E-state index in [9.17, 15) is 0 Å². The Bertz CT molecular complexity index is 886. The molecule has 0 atom stereocenters. The highest BCUT2D eigenvalue weighted by atomic mass is 32.1. The Labute approximate surface area is 162 Å². The Morgan fingerprint density at radius 3 is 2.74 bits per heavy atom. The quantitative estimate of drug-likeness (QED) is 0.719. The fourth-order valence-electron chi connectivity index (χ4n) is 3.72. The van der Waals surface area contributed by atoms with E-state index in [2.05, 4.69) is 38.5 Å². The highest BCUT2D eigenvalue weighted by Crippen LogP contribution is 2.35. The molecule has 0 unspecified atom stereocenters. The van der Waals surface area contributed by atoms with Crippen LogP contribution in [-0.4, -0.2) is 40.3 Å². The number of nitrogens with zero attached hydrogens (tertiary/aromatic N) is 3. The van der Waals surface area contributed by atoms with E-state index >= 15 is 0 Å². The molecule has 5 rings (SSSR count). The number of para-hydroxylation sites is 1. The molecule has 0 bridgehead atoms. The molecule has 1 N–H and O–H groups in total. The van der Waals surface area contributed by atoms with Gasteiger partial charge in [-0.15, -0.1) is 0 Å². The summed E-state index contributed by atoms with van der Waals surface area (Å²) in [6, 6.07) is 8.63. The number of rotatable bonds is 5. The molecule has 1 aliphatic heterocycles. The standard InChI is InChI=1S/C20H22N4O2S/c1-2-4-17-16(3-1)24-20(27-17)23-14-11-15(12-14)26-19-18(21-7-8-22-19)13-5-9-25-10-6-13/h1-4,7-8,13-15H,5-6,9-12H2,(H,23,24)/t14-,15-. The van der Waals surface area contributed by atoms with Crippen LogP contribution in [0.1, 0.15) is 37.3 Å². The smallest absolute Gasteiger partial charge is 0.236 e. The number of aromatic nitrogens is 3. The molecule has 1 saturated carbocycles. The van der Waals surface area contributed by atoms with Gasteiger partial charge < -0.3 is 14.8 Å². The van der Waals surface area contributed by atoms with Crippen molar-refractivity contribution in [2.75, 3.05) is 18.5 Å². The number of anilines is 1. The fourth-order valence-corrected chi connectivity index (χ4v) is 4.67. The van der Waals surface area contributed by atoms with Gasteiger partial charge in [0.15, 0.2) is 5.13 Å². The molecule has 1 aliphatic carbocycles. The first kappa shape index (κ1) is 16.9. The van der Waals surface area contributed by atoms with Crippen LogP contribution >= 0.6 is 11.3 Å². The normalized spacial score (nSPS) is 23.1. The average molecular weight is 382 g/mol. The van der Waals surface area contributed by atoms with Crippen LogP contribution in [0.3, 0.4) is 0 Å². The number of nitrogens with one attached hydrogen (secondary N) is 1. The van der Waals surface area contributed by atoms with Crippen molar-refractivity contribution < 1.29 is 9.47 Å². The van der Waals surface area contributed by atoms with Crippen LogP contribution < -0.4 is 10.1 Å². The van der Waals surface area contributed by atoms with Gasteiger partial charge in [-0.1, -0.05) is 23.5 Å². The van der Waals surface area contributed by atoms with E-state index in [1.165, 1.54) is 4.70 Å². The molecule has 1 saturated heterocycles. The van der Waals surface area contributed by atoms with Gasteiger partial charge in [-0.3, -0.25) is 4.98 Å². The Morgan fingerprint density at radius 2 is 1.89 bits per heavy atom. The van der Waals surface area contributed by atoms with E-state index in [-0.39, 0.29) is 6.10 Å². The number of hydrogen-bond donors (Lipinski definition) is 1. The van der Waals surface area contributed by atoms with Crippen LogP contribution in [-0.2, 0) is 4.74 Å². The minimum atomic E-state index is 0.187. The number of ether oxygens (including phenoxy) is 2. The van der Waals surface area contributed by atoms with Gasteiger partial charge in [-0.25, -0.2) is 9.97 Å². The maximum absolute atomic E-state index is 6.19. The van der Waals surface area contributed by atoms with Crippen LogP contribution in [0.4, 0.5) is 5.13 Å². The largest absolute Gasteiger partial charge is 0.473 e. The summed E-state index contributed by atoms with van der Waals surface area (Å²) >= 11 is 1.70. The van der Waals surface area contributed by atoms with Gasteiger partial charge in [-0.05, 0) is 25.0 Å². The third kappa shape index (κ3) is 3.61. The zero-order chi connectivity index (χ0) is 18.1. The SMILES string of the molecule is c1ccc2sc(N[C@H]3C[C@H](Oc4nccnc4C4CCOCC4)C3)nc2c1. The molecule has 7 heteroatoms. The first-order valence-electron chi connectivity index (χ1n) is 9.52. The van der Waals surface area contributed by atoms with Gasteiger partial charge in [0, 0.05) is 50.4 Å². The van der Waals surface area contributed by atoms with E-state index < -0.39 is 0 Å². The maximum atomic E-state index is 6.19. The lowest BCUT2D eigenvalue weighted by Gasteiger charge is -2.36. The molecule has 27 heavy (non-hydrogen) atoms. The molecule has 3 aromatic rings. The topological polar surface area (TPSA) is 69.2 Å². The molecule has 2 fully saturated rings. The van der Waals surface area contributed by atoms with Gasteiger partial charge in [0.2, 0.25) is 5.88 Å². The van der Waals surface area contributed by atoms with Crippen LogP contribution in [0.5, 0.6) is 5.88 Å². The van der Waals surface area contributed by atoms with Crippen molar-refractivity contribution in [1.29, 1.82) is 0 Å². The summed E-state index contributed by atoms with van der Waals surface area (Å²) in [6.45, 7) is 1.58. The van der Waals surface area contributed by atoms with Gasteiger partial charge in [0.05, 0.1) is 10.2 Å². The zero-order valence-electron chi connectivity index (χ0n) is 15.0. The van der Waals surface area contributed by atoms with Gasteiger partial charge >= 0.3 is 0 Å². The molecule has 3 heterocycles. The maximum Gasteiger partial charge on any atom is 0.236 e. The van der Waals surface area contributed by atoms with E-state index in [0.717, 1.165) is 55.2 Å². The summed E-state index contributed by atoms with van der Waals surface area (Å²) < 4.78 is 12.9. The Hall–Kier alpha value is -2.25. The minimum Gasteiger partial charge on any atom is -0.473 e. The molecule has 2 aromatic heterocycles. The van der Waals surface area contributed by atoms with E-state index in [1.54, 1.807) is 23.7 Å². The van der Waals surface area contributed by atoms with E-state index in [0.29, 0.717) is 17.8 Å². The predicted molar refractivity (Wildman–Crippen MR) is 106 cm³/mol. The average Bonchev–Trinajstić information content (AvgIpc) is 3.10. The van der Waals surface area contributed by atoms with Crippen LogP contribution in [0.15, 0.2) is 36.7 Å². The summed E-state index contributed by atoms with van der Waals surface area (Å²) in [4.78, 5) is 13.7. The van der Waals surface area contributed by atoms with Crippen molar-refractivity contribution in [2.45, 2.75) is 43.7 Å². The first-order valence-corrected chi connectivity index (χ1v) is 10.3. The third-order valence-corrected chi connectivity index (χ3v) is 6.26. The summed E-state index contributed by atoms with van der Waals surface area (Å²) in [6.07, 6.45) is 7.55. The van der Waals surface area contributed by atoms with Crippen molar-refractivity contribution >= 4 is 26.7 Å².